The SMILES string of the molecule is O=C(CNC(=O)c1ccc(S(=O)(=O)N2CCCC2)cc1)N/N=C\c1ccc(Br)cc1. The molecule has 1 aliphatic rings. The number of rotatable bonds is 7. The van der Waals surface area contributed by atoms with E-state index < -0.39 is 21.8 Å². The molecule has 0 spiro atoms. The first-order chi connectivity index (χ1) is 14.4. The zero-order valence-corrected chi connectivity index (χ0v) is 18.4. The summed E-state index contributed by atoms with van der Waals surface area (Å²) in [5.41, 5.74) is 3.41. The number of benzene rings is 2. The van der Waals surface area contributed by atoms with E-state index in [1.807, 2.05) is 24.3 Å². The van der Waals surface area contributed by atoms with E-state index in [4.69, 9.17) is 0 Å². The topological polar surface area (TPSA) is 108 Å². The maximum absolute atomic E-state index is 12.5. The van der Waals surface area contributed by atoms with Crippen LogP contribution in [0, 0.1) is 0 Å². The molecule has 2 N–H and O–H groups in total. The third-order valence-electron chi connectivity index (χ3n) is 4.50. The first-order valence-corrected chi connectivity index (χ1v) is 11.6. The van der Waals surface area contributed by atoms with Crippen molar-refractivity contribution >= 4 is 44.0 Å². The molecule has 0 radical (unpaired) electrons. The van der Waals surface area contributed by atoms with E-state index in [9.17, 15) is 18.0 Å². The summed E-state index contributed by atoms with van der Waals surface area (Å²) in [5, 5.41) is 6.31. The van der Waals surface area contributed by atoms with Gasteiger partial charge in [-0.25, -0.2) is 13.8 Å². The molecule has 1 aliphatic heterocycles. The van der Waals surface area contributed by atoms with E-state index in [1.165, 1.54) is 34.8 Å². The molecule has 0 aromatic heterocycles. The lowest BCUT2D eigenvalue weighted by Gasteiger charge is -2.15. The average molecular weight is 493 g/mol. The van der Waals surface area contributed by atoms with Gasteiger partial charge >= 0.3 is 0 Å². The lowest BCUT2D eigenvalue weighted by Crippen LogP contribution is -2.35. The standard InChI is InChI=1S/C20H21BrN4O4S/c21-17-7-3-15(4-8-17)13-23-24-19(26)14-22-20(27)16-5-9-18(10-6-16)30(28,29)25-11-1-2-12-25/h3-10,13H,1-2,11-12,14H2,(H,22,27)(H,24,26)/b23-13-. The summed E-state index contributed by atoms with van der Waals surface area (Å²) in [6.07, 6.45) is 3.20. The van der Waals surface area contributed by atoms with Crippen LogP contribution < -0.4 is 10.7 Å². The first-order valence-electron chi connectivity index (χ1n) is 9.32. The molecule has 1 fully saturated rings. The Kier molecular flexibility index (Phi) is 7.35. The molecule has 2 aromatic carbocycles. The van der Waals surface area contributed by atoms with E-state index >= 15 is 0 Å². The molecule has 1 heterocycles. The maximum Gasteiger partial charge on any atom is 0.259 e. The predicted molar refractivity (Wildman–Crippen MR) is 117 cm³/mol. The summed E-state index contributed by atoms with van der Waals surface area (Å²) in [6, 6.07) is 13.0. The number of carbonyl (C=O) groups excluding carboxylic acids is 2. The van der Waals surface area contributed by atoms with Crippen molar-refractivity contribution in [2.45, 2.75) is 17.7 Å². The zero-order chi connectivity index (χ0) is 21.6. The normalized spacial score (nSPS) is 14.7. The van der Waals surface area contributed by atoms with Crippen molar-refractivity contribution in [3.63, 3.8) is 0 Å². The molecule has 30 heavy (non-hydrogen) atoms. The van der Waals surface area contributed by atoms with E-state index in [1.54, 1.807) is 0 Å². The third kappa shape index (κ3) is 5.74. The van der Waals surface area contributed by atoms with Gasteiger partial charge in [-0.05, 0) is 54.8 Å². The highest BCUT2D eigenvalue weighted by molar-refractivity contribution is 9.10. The summed E-state index contributed by atoms with van der Waals surface area (Å²) in [4.78, 5) is 24.2. The van der Waals surface area contributed by atoms with Gasteiger partial charge in [-0.3, -0.25) is 9.59 Å². The van der Waals surface area contributed by atoms with Crippen molar-refractivity contribution in [2.75, 3.05) is 19.6 Å². The second-order valence-electron chi connectivity index (χ2n) is 6.66. The molecule has 1 saturated heterocycles. The summed E-state index contributed by atoms with van der Waals surface area (Å²) in [5.74, 6) is -0.961. The van der Waals surface area contributed by atoms with Crippen LogP contribution in [0.4, 0.5) is 0 Å². The molecule has 2 amide bonds. The minimum atomic E-state index is -3.52. The van der Waals surface area contributed by atoms with Crippen molar-refractivity contribution in [3.05, 3.63) is 64.1 Å². The minimum Gasteiger partial charge on any atom is -0.343 e. The van der Waals surface area contributed by atoms with Crippen LogP contribution in [-0.4, -0.2) is 50.4 Å². The summed E-state index contributed by atoms with van der Waals surface area (Å²) in [6.45, 7) is 0.776. The monoisotopic (exact) mass is 492 g/mol. The Morgan fingerprint density at radius 2 is 1.67 bits per heavy atom. The van der Waals surface area contributed by atoms with Gasteiger partial charge in [-0.15, -0.1) is 0 Å². The van der Waals surface area contributed by atoms with E-state index in [0.29, 0.717) is 13.1 Å². The van der Waals surface area contributed by atoms with Crippen molar-refractivity contribution in [2.24, 2.45) is 5.10 Å². The molecule has 158 valence electrons. The highest BCUT2D eigenvalue weighted by Gasteiger charge is 2.27. The highest BCUT2D eigenvalue weighted by atomic mass is 79.9. The molecule has 0 atom stereocenters. The smallest absolute Gasteiger partial charge is 0.259 e. The second kappa shape index (κ2) is 9.96. The molecule has 2 aromatic rings. The van der Waals surface area contributed by atoms with Crippen molar-refractivity contribution in [3.8, 4) is 0 Å². The van der Waals surface area contributed by atoms with Gasteiger partial charge in [-0.1, -0.05) is 28.1 Å². The molecule has 0 aliphatic carbocycles. The van der Waals surface area contributed by atoms with E-state index in [2.05, 4.69) is 31.8 Å². The van der Waals surface area contributed by atoms with Crippen molar-refractivity contribution in [1.82, 2.24) is 15.0 Å². The van der Waals surface area contributed by atoms with Crippen LogP contribution in [-0.2, 0) is 14.8 Å². The lowest BCUT2D eigenvalue weighted by molar-refractivity contribution is -0.120. The fourth-order valence-electron chi connectivity index (χ4n) is 2.89. The molecule has 8 nitrogen and oxygen atoms in total. The quantitative estimate of drug-likeness (QED) is 0.455. The van der Waals surface area contributed by atoms with Crippen LogP contribution in [0.3, 0.4) is 0 Å². The highest BCUT2D eigenvalue weighted by Crippen LogP contribution is 2.21. The van der Waals surface area contributed by atoms with Gasteiger partial charge in [0.25, 0.3) is 11.8 Å². The molecule has 0 saturated carbocycles. The van der Waals surface area contributed by atoms with Gasteiger partial charge in [0.15, 0.2) is 0 Å². The van der Waals surface area contributed by atoms with Gasteiger partial charge in [0.05, 0.1) is 17.7 Å². The molecule has 0 unspecified atom stereocenters. The largest absolute Gasteiger partial charge is 0.343 e. The summed E-state index contributed by atoms with van der Waals surface area (Å²) in [7, 11) is -3.52. The van der Waals surface area contributed by atoms with Crippen LogP contribution in [0.5, 0.6) is 0 Å². The number of hydrogen-bond donors (Lipinski definition) is 2. The van der Waals surface area contributed by atoms with Crippen LogP contribution >= 0.6 is 15.9 Å². The number of halogens is 1. The predicted octanol–water partition coefficient (Wildman–Crippen LogP) is 2.11. The minimum absolute atomic E-state index is 0.154. The molecule has 3 rings (SSSR count). The van der Waals surface area contributed by atoms with E-state index in [-0.39, 0.29) is 17.0 Å². The van der Waals surface area contributed by atoms with Gasteiger partial charge in [0, 0.05) is 23.1 Å². The summed E-state index contributed by atoms with van der Waals surface area (Å²) < 4.78 is 27.4. The van der Waals surface area contributed by atoms with Crippen molar-refractivity contribution < 1.29 is 18.0 Å². The second-order valence-corrected chi connectivity index (χ2v) is 9.52. The number of sulfonamides is 1. The molecule has 0 bridgehead atoms. The number of hydrogen-bond acceptors (Lipinski definition) is 5. The number of nitrogens with one attached hydrogen (secondary N) is 2. The molecular formula is C20H21BrN4O4S. The Hall–Kier alpha value is -2.56. The van der Waals surface area contributed by atoms with Gasteiger partial charge in [0.1, 0.15) is 0 Å². The Morgan fingerprint density at radius 3 is 2.30 bits per heavy atom. The fraction of sp³-hybridized carbons (Fsp3) is 0.250. The van der Waals surface area contributed by atoms with Crippen LogP contribution in [0.1, 0.15) is 28.8 Å². The lowest BCUT2D eigenvalue weighted by atomic mass is 10.2. The van der Waals surface area contributed by atoms with Crippen molar-refractivity contribution in [1.29, 1.82) is 0 Å². The first kappa shape index (κ1) is 22.1. The Morgan fingerprint density at radius 1 is 1.03 bits per heavy atom. The van der Waals surface area contributed by atoms with Gasteiger partial charge in [0.2, 0.25) is 10.0 Å². The zero-order valence-electron chi connectivity index (χ0n) is 16.0. The van der Waals surface area contributed by atoms with Gasteiger partial charge in [-0.2, -0.15) is 9.41 Å². The number of nitrogens with zero attached hydrogens (tertiary/aromatic N) is 2. The van der Waals surface area contributed by atoms with Crippen LogP contribution in [0.15, 0.2) is 63.0 Å². The van der Waals surface area contributed by atoms with Crippen LogP contribution in [0.25, 0.3) is 0 Å². The Balaban J connectivity index is 1.49. The molecule has 10 heteroatoms. The van der Waals surface area contributed by atoms with Crippen LogP contribution in [0.2, 0.25) is 0 Å². The fourth-order valence-corrected chi connectivity index (χ4v) is 4.67. The van der Waals surface area contributed by atoms with E-state index in [0.717, 1.165) is 22.9 Å². The molecular weight excluding hydrogens is 472 g/mol. The number of carbonyl (C=O) groups is 2. The maximum atomic E-state index is 12.5. The van der Waals surface area contributed by atoms with Gasteiger partial charge < -0.3 is 5.32 Å². The third-order valence-corrected chi connectivity index (χ3v) is 6.94. The Labute approximate surface area is 183 Å². The Bertz CT molecular complexity index is 1030. The number of amides is 2. The summed E-state index contributed by atoms with van der Waals surface area (Å²) >= 11 is 3.33. The average Bonchev–Trinajstić information content (AvgIpc) is 3.29. The number of hydrazone groups is 1.